The molecule has 26 heavy (non-hydrogen) atoms. The molecule has 1 N–H and O–H groups in total. The third-order valence-corrected chi connectivity index (χ3v) is 4.20. The van der Waals surface area contributed by atoms with E-state index in [1.807, 2.05) is 11.8 Å². The lowest BCUT2D eigenvalue weighted by atomic mass is 9.92. The Morgan fingerprint density at radius 3 is 2.04 bits per heavy atom. The van der Waals surface area contributed by atoms with Crippen LogP contribution in [0.2, 0.25) is 0 Å². The molecule has 0 spiro atoms. The van der Waals surface area contributed by atoms with Crippen molar-refractivity contribution in [3.8, 4) is 0 Å². The summed E-state index contributed by atoms with van der Waals surface area (Å²) < 4.78 is 78.9. The van der Waals surface area contributed by atoms with Crippen LogP contribution in [0.15, 0.2) is 18.2 Å². The van der Waals surface area contributed by atoms with Gasteiger partial charge in [-0.1, -0.05) is 13.3 Å². The summed E-state index contributed by atoms with van der Waals surface area (Å²) >= 11 is 0. The molecule has 1 atom stereocenters. The van der Waals surface area contributed by atoms with E-state index in [-0.39, 0.29) is 30.4 Å². The normalized spacial score (nSPS) is 17.2. The Balaban J connectivity index is 0.00000312. The van der Waals surface area contributed by atoms with Gasteiger partial charge in [-0.3, -0.25) is 4.90 Å². The molecule has 0 unspecified atom stereocenters. The van der Waals surface area contributed by atoms with E-state index in [4.69, 9.17) is 0 Å². The van der Waals surface area contributed by atoms with Gasteiger partial charge in [0.2, 0.25) is 0 Å². The summed E-state index contributed by atoms with van der Waals surface area (Å²) in [7, 11) is 0. The second kappa shape index (κ2) is 10.0. The average molecular weight is 427 g/mol. The molecule has 1 heterocycles. The molecule has 1 aliphatic rings. The number of hydrogen-bond acceptors (Lipinski definition) is 2. The van der Waals surface area contributed by atoms with E-state index in [1.54, 1.807) is 0 Å². The maximum absolute atomic E-state index is 13.3. The topological polar surface area (TPSA) is 15.3 Å². The quantitative estimate of drug-likeness (QED) is 0.655. The molecule has 1 aliphatic heterocycles. The molecule has 0 bridgehead atoms. The molecule has 0 aromatic heterocycles. The molecular weight excluding hydrogens is 405 g/mol. The lowest BCUT2D eigenvalue weighted by molar-refractivity contribution is -0.142. The Bertz CT molecular complexity index is 557. The first-order valence-corrected chi connectivity index (χ1v) is 7.87. The molecule has 2 rings (SSSR count). The number of piperazine rings is 1. The summed E-state index contributed by atoms with van der Waals surface area (Å²) in [6.45, 7) is 4.06. The first kappa shape index (κ1) is 25.3. The summed E-state index contributed by atoms with van der Waals surface area (Å²) in [5.74, 6) is 0. The van der Waals surface area contributed by atoms with Gasteiger partial charge in [-0.25, -0.2) is 0 Å². The molecule has 1 saturated heterocycles. The van der Waals surface area contributed by atoms with Gasteiger partial charge < -0.3 is 5.32 Å². The van der Waals surface area contributed by atoms with Crippen LogP contribution < -0.4 is 5.32 Å². The van der Waals surface area contributed by atoms with Gasteiger partial charge in [-0.05, 0) is 30.2 Å². The summed E-state index contributed by atoms with van der Waals surface area (Å²) in [6.07, 6.45) is -8.38. The van der Waals surface area contributed by atoms with Crippen molar-refractivity contribution in [2.24, 2.45) is 0 Å². The Morgan fingerprint density at radius 1 is 1.00 bits per heavy atom. The number of rotatable bonds is 4. The zero-order chi connectivity index (χ0) is 18.0. The maximum atomic E-state index is 13.3. The van der Waals surface area contributed by atoms with E-state index in [2.05, 4.69) is 5.32 Å². The molecule has 1 fully saturated rings. The minimum atomic E-state index is -4.68. The van der Waals surface area contributed by atoms with Gasteiger partial charge in [-0.15, -0.1) is 24.8 Å². The number of alkyl halides is 6. The van der Waals surface area contributed by atoms with Gasteiger partial charge in [-0.2, -0.15) is 26.3 Å². The Kier molecular flexibility index (Phi) is 9.74. The lowest BCUT2D eigenvalue weighted by Crippen LogP contribution is -2.45. The fourth-order valence-electron chi connectivity index (χ4n) is 3.07. The fourth-order valence-corrected chi connectivity index (χ4v) is 3.07. The second-order valence-corrected chi connectivity index (χ2v) is 5.89. The molecule has 10 heteroatoms. The van der Waals surface area contributed by atoms with Crippen molar-refractivity contribution < 1.29 is 26.3 Å². The van der Waals surface area contributed by atoms with E-state index < -0.39 is 29.5 Å². The number of benzene rings is 1. The Morgan fingerprint density at radius 2 is 1.58 bits per heavy atom. The molecular formula is C16H22Cl2F6N2. The van der Waals surface area contributed by atoms with Crippen LogP contribution >= 0.6 is 24.8 Å². The highest BCUT2D eigenvalue weighted by atomic mass is 35.5. The summed E-state index contributed by atoms with van der Waals surface area (Å²) in [4.78, 5) is 1.84. The van der Waals surface area contributed by atoms with E-state index in [1.165, 1.54) is 0 Å². The van der Waals surface area contributed by atoms with Crippen LogP contribution in [0, 0.1) is 0 Å². The highest BCUT2D eigenvalue weighted by Crippen LogP contribution is 2.41. The molecule has 1 aromatic rings. The number of halogens is 8. The van der Waals surface area contributed by atoms with Crippen molar-refractivity contribution in [2.45, 2.75) is 38.2 Å². The van der Waals surface area contributed by atoms with Crippen molar-refractivity contribution in [1.29, 1.82) is 0 Å². The summed E-state index contributed by atoms with van der Waals surface area (Å²) in [5.41, 5.74) is -2.30. The third kappa shape index (κ3) is 6.18. The average Bonchev–Trinajstić information content (AvgIpc) is 2.51. The Hall–Kier alpha value is -0.700. The van der Waals surface area contributed by atoms with Crippen LogP contribution in [0.4, 0.5) is 26.3 Å². The molecule has 0 saturated carbocycles. The zero-order valence-corrected chi connectivity index (χ0v) is 15.7. The lowest BCUT2D eigenvalue weighted by Gasteiger charge is -2.36. The third-order valence-electron chi connectivity index (χ3n) is 4.20. The highest BCUT2D eigenvalue weighted by molar-refractivity contribution is 5.85. The zero-order valence-electron chi connectivity index (χ0n) is 14.1. The van der Waals surface area contributed by atoms with Gasteiger partial charge >= 0.3 is 12.4 Å². The van der Waals surface area contributed by atoms with Gasteiger partial charge in [0.1, 0.15) is 0 Å². The van der Waals surface area contributed by atoms with Crippen LogP contribution in [0.1, 0.15) is 42.5 Å². The summed E-state index contributed by atoms with van der Waals surface area (Å²) in [6, 6.07) is 1.07. The number of nitrogens with one attached hydrogen (secondary N) is 1. The summed E-state index contributed by atoms with van der Waals surface area (Å²) in [5, 5.41) is 3.10. The van der Waals surface area contributed by atoms with E-state index in [9.17, 15) is 26.3 Å². The SMILES string of the molecule is CCC[C@H](c1cc(C(F)(F)F)ccc1C(F)(F)F)N1CCNCC1.Cl.Cl. The first-order chi connectivity index (χ1) is 11.1. The van der Waals surface area contributed by atoms with Gasteiger partial charge in [0, 0.05) is 32.2 Å². The van der Waals surface area contributed by atoms with Crippen molar-refractivity contribution in [1.82, 2.24) is 10.2 Å². The molecule has 0 aliphatic carbocycles. The van der Waals surface area contributed by atoms with Crippen LogP contribution in [0.5, 0.6) is 0 Å². The van der Waals surface area contributed by atoms with Crippen molar-refractivity contribution in [2.75, 3.05) is 26.2 Å². The largest absolute Gasteiger partial charge is 0.416 e. The van der Waals surface area contributed by atoms with Crippen molar-refractivity contribution in [3.63, 3.8) is 0 Å². The predicted octanol–water partition coefficient (Wildman–Crippen LogP) is 5.31. The standard InChI is InChI=1S/C16H20F6N2.2ClH/c1-2-3-14(24-8-6-23-7-9-24)12-10-11(15(17,18)19)4-5-13(12)16(20,21)22;;/h4-5,10,14,23H,2-3,6-9H2,1H3;2*1H/t14-;;/m1../s1. The smallest absolute Gasteiger partial charge is 0.314 e. The molecule has 152 valence electrons. The van der Waals surface area contributed by atoms with Crippen molar-refractivity contribution in [3.05, 3.63) is 34.9 Å². The van der Waals surface area contributed by atoms with Crippen LogP contribution in [-0.4, -0.2) is 31.1 Å². The van der Waals surface area contributed by atoms with Gasteiger partial charge in [0.15, 0.2) is 0 Å². The fraction of sp³-hybridized carbons (Fsp3) is 0.625. The van der Waals surface area contributed by atoms with Crippen LogP contribution in [0.25, 0.3) is 0 Å². The number of nitrogens with zero attached hydrogens (tertiary/aromatic N) is 1. The molecule has 0 radical (unpaired) electrons. The van der Waals surface area contributed by atoms with E-state index in [0.717, 1.165) is 0 Å². The predicted molar refractivity (Wildman–Crippen MR) is 93.0 cm³/mol. The minimum Gasteiger partial charge on any atom is -0.314 e. The van der Waals surface area contributed by atoms with E-state index >= 15 is 0 Å². The monoisotopic (exact) mass is 426 g/mol. The van der Waals surface area contributed by atoms with Crippen LogP contribution in [0.3, 0.4) is 0 Å². The van der Waals surface area contributed by atoms with Gasteiger partial charge in [0.05, 0.1) is 11.1 Å². The first-order valence-electron chi connectivity index (χ1n) is 7.87. The van der Waals surface area contributed by atoms with Crippen molar-refractivity contribution >= 4 is 24.8 Å². The van der Waals surface area contributed by atoms with Gasteiger partial charge in [0.25, 0.3) is 0 Å². The maximum Gasteiger partial charge on any atom is 0.416 e. The molecule has 2 nitrogen and oxygen atoms in total. The molecule has 0 amide bonds. The van der Waals surface area contributed by atoms with Crippen LogP contribution in [-0.2, 0) is 12.4 Å². The number of hydrogen-bond donors (Lipinski definition) is 1. The minimum absolute atomic E-state index is 0. The van der Waals surface area contributed by atoms with E-state index in [0.29, 0.717) is 57.2 Å². The second-order valence-electron chi connectivity index (χ2n) is 5.89. The highest BCUT2D eigenvalue weighted by Gasteiger charge is 2.39. The molecule has 1 aromatic carbocycles. The Labute approximate surface area is 161 Å².